The number of rotatable bonds is 2. The summed E-state index contributed by atoms with van der Waals surface area (Å²) in [6.07, 6.45) is 1.09. The van der Waals surface area contributed by atoms with Crippen LogP contribution in [0.2, 0.25) is 0 Å². The van der Waals surface area contributed by atoms with Gasteiger partial charge >= 0.3 is 6.09 Å². The molecular formula is C15H20N4O2. The Bertz CT molecular complexity index is 636. The summed E-state index contributed by atoms with van der Waals surface area (Å²) in [6, 6.07) is 3.58. The predicted molar refractivity (Wildman–Crippen MR) is 81.1 cm³/mol. The lowest BCUT2D eigenvalue weighted by atomic mass is 10.2. The summed E-state index contributed by atoms with van der Waals surface area (Å²) in [5.74, 6) is 1.17. The standard InChI is InChI=1S/C15H20N4O2/c1-9-10(2)18-13(17-9)11-6-7-16-12(8-11)19-14(20)21-15(3,4)5/h6-8H,1-5H3,(H,17,18)(H,16,19,20). The third-order valence-electron chi connectivity index (χ3n) is 2.79. The van der Waals surface area contributed by atoms with Crippen molar-refractivity contribution in [3.05, 3.63) is 29.7 Å². The Hall–Kier alpha value is -2.37. The normalized spacial score (nSPS) is 11.3. The van der Waals surface area contributed by atoms with Crippen LogP contribution in [-0.2, 0) is 4.74 Å². The van der Waals surface area contributed by atoms with Crippen molar-refractivity contribution in [1.82, 2.24) is 15.0 Å². The summed E-state index contributed by atoms with van der Waals surface area (Å²) < 4.78 is 5.20. The van der Waals surface area contributed by atoms with E-state index in [1.807, 2.05) is 40.7 Å². The number of ether oxygens (including phenoxy) is 1. The van der Waals surface area contributed by atoms with Crippen LogP contribution < -0.4 is 5.32 Å². The number of pyridine rings is 1. The maximum Gasteiger partial charge on any atom is 0.413 e. The van der Waals surface area contributed by atoms with Gasteiger partial charge in [0.25, 0.3) is 0 Å². The van der Waals surface area contributed by atoms with Crippen molar-refractivity contribution in [3.63, 3.8) is 0 Å². The monoisotopic (exact) mass is 288 g/mol. The number of amides is 1. The highest BCUT2D eigenvalue weighted by Gasteiger charge is 2.16. The van der Waals surface area contributed by atoms with E-state index in [-0.39, 0.29) is 0 Å². The van der Waals surface area contributed by atoms with Crippen molar-refractivity contribution in [1.29, 1.82) is 0 Å². The zero-order valence-electron chi connectivity index (χ0n) is 12.9. The van der Waals surface area contributed by atoms with Gasteiger partial charge in [0.2, 0.25) is 0 Å². The van der Waals surface area contributed by atoms with Gasteiger partial charge < -0.3 is 9.72 Å². The quantitative estimate of drug-likeness (QED) is 0.887. The van der Waals surface area contributed by atoms with Gasteiger partial charge in [0, 0.05) is 17.5 Å². The Morgan fingerprint density at radius 2 is 2.05 bits per heavy atom. The molecule has 1 amide bonds. The minimum atomic E-state index is -0.545. The Labute approximate surface area is 124 Å². The van der Waals surface area contributed by atoms with Gasteiger partial charge in [-0.25, -0.2) is 14.8 Å². The second-order valence-electron chi connectivity index (χ2n) is 5.85. The number of nitrogens with zero attached hydrogens (tertiary/aromatic N) is 2. The number of hydrogen-bond acceptors (Lipinski definition) is 4. The van der Waals surface area contributed by atoms with Crippen LogP contribution in [0.25, 0.3) is 11.4 Å². The van der Waals surface area contributed by atoms with E-state index in [0.717, 1.165) is 22.8 Å². The van der Waals surface area contributed by atoms with Crippen LogP contribution in [0.5, 0.6) is 0 Å². The second-order valence-corrected chi connectivity index (χ2v) is 5.85. The summed E-state index contributed by atoms with van der Waals surface area (Å²) in [5.41, 5.74) is 2.27. The van der Waals surface area contributed by atoms with Gasteiger partial charge in [0.1, 0.15) is 17.2 Å². The average Bonchev–Trinajstić information content (AvgIpc) is 2.67. The number of aromatic amines is 1. The van der Waals surface area contributed by atoms with Crippen molar-refractivity contribution in [2.24, 2.45) is 0 Å². The Morgan fingerprint density at radius 1 is 1.33 bits per heavy atom. The van der Waals surface area contributed by atoms with Gasteiger partial charge in [0.05, 0.1) is 5.69 Å². The number of carbonyl (C=O) groups is 1. The van der Waals surface area contributed by atoms with Crippen molar-refractivity contribution in [2.75, 3.05) is 5.32 Å². The minimum absolute atomic E-state index is 0.424. The molecule has 6 nitrogen and oxygen atoms in total. The Balaban J connectivity index is 2.16. The smallest absolute Gasteiger partial charge is 0.413 e. The van der Waals surface area contributed by atoms with Gasteiger partial charge in [-0.05, 0) is 46.8 Å². The van der Waals surface area contributed by atoms with E-state index < -0.39 is 11.7 Å². The first-order valence-electron chi connectivity index (χ1n) is 6.74. The van der Waals surface area contributed by atoms with Gasteiger partial charge in [-0.3, -0.25) is 5.32 Å². The SMILES string of the molecule is Cc1nc(-c2ccnc(NC(=O)OC(C)(C)C)c2)[nH]c1C. The van der Waals surface area contributed by atoms with E-state index in [9.17, 15) is 4.79 Å². The number of aromatic nitrogens is 3. The highest BCUT2D eigenvalue weighted by atomic mass is 16.6. The molecule has 0 aliphatic heterocycles. The number of anilines is 1. The summed E-state index contributed by atoms with van der Waals surface area (Å²) in [6.45, 7) is 9.34. The fourth-order valence-electron chi connectivity index (χ4n) is 1.74. The average molecular weight is 288 g/mol. The van der Waals surface area contributed by atoms with Crippen molar-refractivity contribution >= 4 is 11.9 Å². The third kappa shape index (κ3) is 4.05. The fourth-order valence-corrected chi connectivity index (χ4v) is 1.74. The van der Waals surface area contributed by atoms with E-state index in [1.54, 1.807) is 12.3 Å². The molecule has 0 radical (unpaired) electrons. The number of imidazole rings is 1. The molecule has 2 aromatic heterocycles. The molecule has 0 spiro atoms. The molecule has 6 heteroatoms. The molecule has 21 heavy (non-hydrogen) atoms. The van der Waals surface area contributed by atoms with Gasteiger partial charge in [-0.15, -0.1) is 0 Å². The van der Waals surface area contributed by atoms with Gasteiger partial charge in [0.15, 0.2) is 0 Å². The molecule has 0 fully saturated rings. The summed E-state index contributed by atoms with van der Waals surface area (Å²) in [5, 5.41) is 2.62. The first-order valence-corrected chi connectivity index (χ1v) is 6.74. The highest BCUT2D eigenvalue weighted by molar-refractivity contribution is 5.84. The lowest BCUT2D eigenvalue weighted by molar-refractivity contribution is 0.0635. The molecule has 0 bridgehead atoms. The maximum atomic E-state index is 11.7. The van der Waals surface area contributed by atoms with Crippen LogP contribution in [0.15, 0.2) is 18.3 Å². The summed E-state index contributed by atoms with van der Waals surface area (Å²) in [7, 11) is 0. The molecule has 112 valence electrons. The molecule has 0 aromatic carbocycles. The number of nitrogens with one attached hydrogen (secondary N) is 2. The van der Waals surface area contributed by atoms with Crippen LogP contribution in [0.1, 0.15) is 32.2 Å². The molecule has 2 N–H and O–H groups in total. The molecule has 2 rings (SSSR count). The number of aryl methyl sites for hydroxylation is 2. The van der Waals surface area contributed by atoms with Crippen LogP contribution >= 0.6 is 0 Å². The third-order valence-corrected chi connectivity index (χ3v) is 2.79. The van der Waals surface area contributed by atoms with E-state index in [0.29, 0.717) is 5.82 Å². The van der Waals surface area contributed by atoms with Crippen molar-refractivity contribution < 1.29 is 9.53 Å². The molecule has 2 heterocycles. The summed E-state index contributed by atoms with van der Waals surface area (Å²) >= 11 is 0. The number of carbonyl (C=O) groups excluding carboxylic acids is 1. The maximum absolute atomic E-state index is 11.7. The fraction of sp³-hybridized carbons (Fsp3) is 0.400. The van der Waals surface area contributed by atoms with Gasteiger partial charge in [-0.1, -0.05) is 0 Å². The molecule has 0 saturated carbocycles. The van der Waals surface area contributed by atoms with E-state index >= 15 is 0 Å². The van der Waals surface area contributed by atoms with Gasteiger partial charge in [-0.2, -0.15) is 0 Å². The van der Waals surface area contributed by atoms with Crippen molar-refractivity contribution in [3.8, 4) is 11.4 Å². The largest absolute Gasteiger partial charge is 0.444 e. The highest BCUT2D eigenvalue weighted by Crippen LogP contribution is 2.20. The molecule has 0 aliphatic carbocycles. The number of hydrogen-bond donors (Lipinski definition) is 2. The molecule has 0 saturated heterocycles. The first-order chi connectivity index (χ1) is 9.74. The Morgan fingerprint density at radius 3 is 2.62 bits per heavy atom. The van der Waals surface area contributed by atoms with Crippen LogP contribution in [0.4, 0.5) is 10.6 Å². The van der Waals surface area contributed by atoms with E-state index in [2.05, 4.69) is 20.3 Å². The van der Waals surface area contributed by atoms with E-state index in [1.165, 1.54) is 0 Å². The lowest BCUT2D eigenvalue weighted by Crippen LogP contribution is -2.27. The second kappa shape index (κ2) is 5.55. The zero-order valence-corrected chi connectivity index (χ0v) is 12.9. The zero-order chi connectivity index (χ0) is 15.6. The molecule has 2 aromatic rings. The molecular weight excluding hydrogens is 268 g/mol. The van der Waals surface area contributed by atoms with Crippen LogP contribution in [0, 0.1) is 13.8 Å². The van der Waals surface area contributed by atoms with E-state index in [4.69, 9.17) is 4.74 Å². The summed E-state index contributed by atoms with van der Waals surface area (Å²) in [4.78, 5) is 23.5. The lowest BCUT2D eigenvalue weighted by Gasteiger charge is -2.19. The predicted octanol–water partition coefficient (Wildman–Crippen LogP) is 3.44. The van der Waals surface area contributed by atoms with Crippen molar-refractivity contribution in [2.45, 2.75) is 40.2 Å². The molecule has 0 unspecified atom stereocenters. The van der Waals surface area contributed by atoms with Crippen LogP contribution in [-0.4, -0.2) is 26.6 Å². The number of H-pyrrole nitrogens is 1. The molecule has 0 aliphatic rings. The Kier molecular flexibility index (Phi) is 3.97. The minimum Gasteiger partial charge on any atom is -0.444 e. The topological polar surface area (TPSA) is 79.9 Å². The molecule has 0 atom stereocenters. The van der Waals surface area contributed by atoms with Crippen LogP contribution in [0.3, 0.4) is 0 Å². The first kappa shape index (κ1) is 15.0.